The Morgan fingerprint density at radius 3 is 2.73 bits per heavy atom. The Kier molecular flexibility index (Phi) is 5.78. The number of aliphatic hydroxyl groups is 1. The van der Waals surface area contributed by atoms with Crippen LogP contribution in [0.4, 0.5) is 0 Å². The third kappa shape index (κ3) is 4.75. The van der Waals surface area contributed by atoms with Crippen LogP contribution in [0.2, 0.25) is 0 Å². The summed E-state index contributed by atoms with van der Waals surface area (Å²) in [5.41, 5.74) is 0. The Morgan fingerprint density at radius 1 is 1.73 bits per heavy atom. The molecule has 1 unspecified atom stereocenters. The molecule has 0 saturated carbocycles. The average molecular weight is 161 g/mol. The zero-order valence-corrected chi connectivity index (χ0v) is 6.99. The normalized spacial score (nSPS) is 13.1. The largest absolute Gasteiger partial charge is 0.461 e. The van der Waals surface area contributed by atoms with E-state index in [1.165, 1.54) is 0 Å². The Bertz CT molecular complexity index is 108. The molecule has 0 aliphatic heterocycles. The van der Waals surface area contributed by atoms with Crippen molar-refractivity contribution in [3.8, 4) is 0 Å². The van der Waals surface area contributed by atoms with Crippen molar-refractivity contribution in [3.63, 3.8) is 0 Å². The highest BCUT2D eigenvalue weighted by atomic mass is 16.5. The van der Waals surface area contributed by atoms with Crippen molar-refractivity contribution in [2.75, 3.05) is 26.7 Å². The summed E-state index contributed by atoms with van der Waals surface area (Å²) in [6, 6.07) is 0. The van der Waals surface area contributed by atoms with E-state index in [1.54, 1.807) is 0 Å². The molecule has 0 radical (unpaired) electrons. The summed E-state index contributed by atoms with van der Waals surface area (Å²) in [7, 11) is 1.90. The highest BCUT2D eigenvalue weighted by Crippen LogP contribution is 1.91. The molecular formula is C7H15NO3. The highest BCUT2D eigenvalue weighted by Gasteiger charge is 2.09. The molecule has 0 rings (SSSR count). The van der Waals surface area contributed by atoms with Gasteiger partial charge in [-0.15, -0.1) is 0 Å². The van der Waals surface area contributed by atoms with E-state index >= 15 is 0 Å². The number of nitrogens with zero attached hydrogens (tertiary/aromatic N) is 1. The first-order chi connectivity index (χ1) is 5.24. The van der Waals surface area contributed by atoms with Crippen LogP contribution in [0.15, 0.2) is 0 Å². The molecule has 0 amide bonds. The van der Waals surface area contributed by atoms with E-state index in [0.717, 1.165) is 6.54 Å². The molecule has 0 aliphatic rings. The summed E-state index contributed by atoms with van der Waals surface area (Å²) in [4.78, 5) is 11.9. The van der Waals surface area contributed by atoms with Crippen molar-refractivity contribution >= 4 is 6.47 Å². The molecule has 0 fully saturated rings. The van der Waals surface area contributed by atoms with Crippen LogP contribution in [0, 0.1) is 0 Å². The van der Waals surface area contributed by atoms with Crippen LogP contribution < -0.4 is 0 Å². The lowest BCUT2D eigenvalue weighted by atomic mass is 10.3. The Morgan fingerprint density at radius 2 is 2.36 bits per heavy atom. The minimum absolute atomic E-state index is 0.122. The van der Waals surface area contributed by atoms with E-state index in [0.29, 0.717) is 13.0 Å². The van der Waals surface area contributed by atoms with Gasteiger partial charge < -0.3 is 14.7 Å². The quantitative estimate of drug-likeness (QED) is 0.532. The molecular weight excluding hydrogens is 146 g/mol. The van der Waals surface area contributed by atoms with Crippen LogP contribution >= 0.6 is 0 Å². The summed E-state index contributed by atoms with van der Waals surface area (Å²) >= 11 is 0. The number of likely N-dealkylation sites (N-methyl/N-ethyl adjacent to an activating group) is 1. The molecule has 0 heterocycles. The van der Waals surface area contributed by atoms with Gasteiger partial charge >= 0.3 is 0 Å². The van der Waals surface area contributed by atoms with Gasteiger partial charge in [0.15, 0.2) is 0 Å². The minimum Gasteiger partial charge on any atom is -0.461 e. The first-order valence-corrected chi connectivity index (χ1v) is 3.63. The molecule has 66 valence electrons. The Hall–Kier alpha value is -0.610. The number of aliphatic hydroxyl groups excluding tert-OH is 1. The molecule has 4 nitrogen and oxygen atoms in total. The molecule has 0 spiro atoms. The van der Waals surface area contributed by atoms with E-state index < -0.39 is 6.10 Å². The number of ether oxygens (including phenoxy) is 1. The molecule has 0 bridgehead atoms. The molecule has 1 N–H and O–H groups in total. The molecule has 0 aromatic heterocycles. The highest BCUT2D eigenvalue weighted by molar-refractivity contribution is 5.37. The van der Waals surface area contributed by atoms with Crippen molar-refractivity contribution in [1.82, 2.24) is 4.90 Å². The van der Waals surface area contributed by atoms with Gasteiger partial charge in [-0.3, -0.25) is 4.79 Å². The standard InChI is InChI=1S/C7H15NO3/c1-3-8(2)4-7(5-9)11-6-10/h6-7,9H,3-5H2,1-2H3. The first kappa shape index (κ1) is 10.4. The van der Waals surface area contributed by atoms with Gasteiger partial charge in [0.1, 0.15) is 6.10 Å². The van der Waals surface area contributed by atoms with Crippen LogP contribution in [0.3, 0.4) is 0 Å². The van der Waals surface area contributed by atoms with E-state index in [4.69, 9.17) is 5.11 Å². The first-order valence-electron chi connectivity index (χ1n) is 3.63. The molecule has 1 atom stereocenters. The summed E-state index contributed by atoms with van der Waals surface area (Å²) in [5.74, 6) is 0. The van der Waals surface area contributed by atoms with Gasteiger partial charge in [0.2, 0.25) is 0 Å². The van der Waals surface area contributed by atoms with Gasteiger partial charge in [-0.25, -0.2) is 0 Å². The van der Waals surface area contributed by atoms with Crippen molar-refractivity contribution in [1.29, 1.82) is 0 Å². The van der Waals surface area contributed by atoms with Crippen LogP contribution in [0.5, 0.6) is 0 Å². The predicted octanol–water partition coefficient (Wildman–Crippen LogP) is -0.528. The average Bonchev–Trinajstić information content (AvgIpc) is 2.03. The van der Waals surface area contributed by atoms with Crippen molar-refractivity contribution in [2.45, 2.75) is 13.0 Å². The second-order valence-corrected chi connectivity index (χ2v) is 2.39. The van der Waals surface area contributed by atoms with Crippen LogP contribution in [-0.4, -0.2) is 49.3 Å². The maximum atomic E-state index is 9.89. The fourth-order valence-corrected chi connectivity index (χ4v) is 0.699. The molecule has 0 aromatic rings. The number of carbonyl (C=O) groups excluding carboxylic acids is 1. The summed E-state index contributed by atoms with van der Waals surface area (Å²) in [6.07, 6.45) is -0.391. The molecule has 11 heavy (non-hydrogen) atoms. The fraction of sp³-hybridized carbons (Fsp3) is 0.857. The van der Waals surface area contributed by atoms with E-state index in [2.05, 4.69) is 4.74 Å². The maximum Gasteiger partial charge on any atom is 0.293 e. The molecule has 0 aromatic carbocycles. The second kappa shape index (κ2) is 6.12. The lowest BCUT2D eigenvalue weighted by Gasteiger charge is -2.19. The SMILES string of the molecule is CCN(C)CC(CO)OC=O. The fourth-order valence-electron chi connectivity index (χ4n) is 0.699. The van der Waals surface area contributed by atoms with Gasteiger partial charge in [0.05, 0.1) is 6.61 Å². The van der Waals surface area contributed by atoms with Crippen LogP contribution in [-0.2, 0) is 9.53 Å². The lowest BCUT2D eigenvalue weighted by Crippen LogP contribution is -2.33. The molecule has 0 aliphatic carbocycles. The van der Waals surface area contributed by atoms with Gasteiger partial charge in [0, 0.05) is 6.54 Å². The zero-order chi connectivity index (χ0) is 8.69. The zero-order valence-electron chi connectivity index (χ0n) is 6.99. The summed E-state index contributed by atoms with van der Waals surface area (Å²) in [5, 5.41) is 8.69. The predicted molar refractivity (Wildman–Crippen MR) is 41.2 cm³/mol. The Balaban J connectivity index is 3.57. The van der Waals surface area contributed by atoms with Gasteiger partial charge in [-0.1, -0.05) is 6.92 Å². The summed E-state index contributed by atoms with van der Waals surface area (Å²) in [6.45, 7) is 3.69. The maximum absolute atomic E-state index is 9.89. The van der Waals surface area contributed by atoms with E-state index in [1.807, 2.05) is 18.9 Å². The van der Waals surface area contributed by atoms with Crippen molar-refractivity contribution < 1.29 is 14.6 Å². The lowest BCUT2D eigenvalue weighted by molar-refractivity contribution is -0.136. The minimum atomic E-state index is -0.391. The third-order valence-corrected chi connectivity index (χ3v) is 1.51. The van der Waals surface area contributed by atoms with Gasteiger partial charge in [0.25, 0.3) is 6.47 Å². The smallest absolute Gasteiger partial charge is 0.293 e. The third-order valence-electron chi connectivity index (χ3n) is 1.51. The summed E-state index contributed by atoms with van der Waals surface area (Å²) < 4.78 is 4.59. The monoisotopic (exact) mass is 161 g/mol. The molecule has 0 saturated heterocycles. The topological polar surface area (TPSA) is 49.8 Å². The van der Waals surface area contributed by atoms with Crippen LogP contribution in [0.25, 0.3) is 0 Å². The molecule has 4 heteroatoms. The number of hydrogen-bond acceptors (Lipinski definition) is 4. The van der Waals surface area contributed by atoms with E-state index in [9.17, 15) is 4.79 Å². The van der Waals surface area contributed by atoms with E-state index in [-0.39, 0.29) is 6.61 Å². The van der Waals surface area contributed by atoms with Gasteiger partial charge in [-0.05, 0) is 13.6 Å². The van der Waals surface area contributed by atoms with Crippen LogP contribution in [0.1, 0.15) is 6.92 Å². The van der Waals surface area contributed by atoms with Gasteiger partial charge in [-0.2, -0.15) is 0 Å². The Labute approximate surface area is 66.8 Å². The van der Waals surface area contributed by atoms with Crippen molar-refractivity contribution in [2.24, 2.45) is 0 Å². The number of rotatable bonds is 6. The number of hydrogen-bond donors (Lipinski definition) is 1. The second-order valence-electron chi connectivity index (χ2n) is 2.39. The van der Waals surface area contributed by atoms with Crippen molar-refractivity contribution in [3.05, 3.63) is 0 Å². The number of carbonyl (C=O) groups is 1.